The monoisotopic (exact) mass is 374 g/mol. The lowest BCUT2D eigenvalue weighted by atomic mass is 9.94. The molecule has 3 rings (SSSR count). The number of fused-ring (bicyclic) bond motifs is 1. The Morgan fingerprint density at radius 3 is 2.07 bits per heavy atom. The second kappa shape index (κ2) is 7.65. The van der Waals surface area contributed by atoms with Crippen LogP contribution in [0.15, 0.2) is 24.3 Å². The molecular formula is C20H22O7. The third kappa shape index (κ3) is 3.20. The van der Waals surface area contributed by atoms with Gasteiger partial charge in [-0.25, -0.2) is 0 Å². The number of carbonyl (C=O) groups is 1. The minimum atomic E-state index is -0.504. The van der Waals surface area contributed by atoms with Crippen molar-refractivity contribution in [3.05, 3.63) is 35.4 Å². The molecule has 1 atom stereocenters. The zero-order chi connectivity index (χ0) is 19.6. The van der Waals surface area contributed by atoms with Crippen molar-refractivity contribution in [1.29, 1.82) is 0 Å². The summed E-state index contributed by atoms with van der Waals surface area (Å²) in [7, 11) is 7.63. The van der Waals surface area contributed by atoms with Crippen molar-refractivity contribution < 1.29 is 33.2 Å². The fourth-order valence-electron chi connectivity index (χ4n) is 3.17. The quantitative estimate of drug-likeness (QED) is 0.767. The van der Waals surface area contributed by atoms with Crippen LogP contribution in [-0.4, -0.2) is 41.3 Å². The lowest BCUT2D eigenvalue weighted by Gasteiger charge is -2.29. The van der Waals surface area contributed by atoms with Crippen molar-refractivity contribution in [1.82, 2.24) is 0 Å². The molecule has 1 aliphatic rings. The molecule has 144 valence electrons. The first-order valence-corrected chi connectivity index (χ1v) is 8.32. The van der Waals surface area contributed by atoms with E-state index in [4.69, 9.17) is 28.4 Å². The molecule has 7 nitrogen and oxygen atoms in total. The molecule has 0 amide bonds. The van der Waals surface area contributed by atoms with Gasteiger partial charge < -0.3 is 28.4 Å². The van der Waals surface area contributed by atoms with Crippen LogP contribution >= 0.6 is 0 Å². The van der Waals surface area contributed by atoms with Crippen LogP contribution in [0.4, 0.5) is 0 Å². The number of hydrogen-bond donors (Lipinski definition) is 0. The maximum absolute atomic E-state index is 12.9. The Morgan fingerprint density at radius 1 is 0.815 bits per heavy atom. The number of Topliss-reactive ketones (excluding diaryl/α,β-unsaturated/α-hetero) is 1. The molecule has 1 aliphatic heterocycles. The molecule has 0 saturated heterocycles. The van der Waals surface area contributed by atoms with Gasteiger partial charge in [0.1, 0.15) is 17.4 Å². The first kappa shape index (κ1) is 18.7. The van der Waals surface area contributed by atoms with E-state index in [1.54, 1.807) is 32.4 Å². The van der Waals surface area contributed by atoms with Gasteiger partial charge in [-0.15, -0.1) is 0 Å². The molecule has 2 aromatic carbocycles. The van der Waals surface area contributed by atoms with Gasteiger partial charge in [0.15, 0.2) is 28.8 Å². The van der Waals surface area contributed by atoms with E-state index in [0.29, 0.717) is 40.1 Å². The topological polar surface area (TPSA) is 72.5 Å². The lowest BCUT2D eigenvalue weighted by molar-refractivity contribution is 0.0835. The maximum Gasteiger partial charge on any atom is 0.204 e. The number of benzene rings is 2. The Balaban J connectivity index is 2.09. The zero-order valence-electron chi connectivity index (χ0n) is 16.0. The van der Waals surface area contributed by atoms with E-state index in [1.807, 2.05) is 6.07 Å². The van der Waals surface area contributed by atoms with E-state index in [-0.39, 0.29) is 12.2 Å². The average Bonchev–Trinajstić information content (AvgIpc) is 2.71. The van der Waals surface area contributed by atoms with E-state index in [9.17, 15) is 4.79 Å². The molecule has 0 bridgehead atoms. The minimum absolute atomic E-state index is 0.103. The fourth-order valence-corrected chi connectivity index (χ4v) is 3.17. The normalized spacial score (nSPS) is 15.4. The van der Waals surface area contributed by atoms with Crippen LogP contribution in [-0.2, 0) is 0 Å². The molecule has 0 aromatic heterocycles. The molecule has 7 heteroatoms. The van der Waals surface area contributed by atoms with Gasteiger partial charge in [0.2, 0.25) is 5.75 Å². The molecule has 1 heterocycles. The van der Waals surface area contributed by atoms with E-state index < -0.39 is 6.10 Å². The summed E-state index contributed by atoms with van der Waals surface area (Å²) >= 11 is 0. The summed E-state index contributed by atoms with van der Waals surface area (Å²) in [4.78, 5) is 12.9. The number of rotatable bonds is 6. The molecule has 0 aliphatic carbocycles. The number of ether oxygens (including phenoxy) is 6. The lowest BCUT2D eigenvalue weighted by Crippen LogP contribution is -2.22. The molecule has 0 saturated carbocycles. The van der Waals surface area contributed by atoms with Crippen molar-refractivity contribution >= 4 is 5.78 Å². The van der Waals surface area contributed by atoms with E-state index in [1.165, 1.54) is 21.3 Å². The second-order valence-electron chi connectivity index (χ2n) is 5.87. The average molecular weight is 374 g/mol. The summed E-state index contributed by atoms with van der Waals surface area (Å²) in [5, 5.41) is 0. The summed E-state index contributed by atoms with van der Waals surface area (Å²) in [6, 6.07) is 7.04. The van der Waals surface area contributed by atoms with Gasteiger partial charge in [0, 0.05) is 6.07 Å². The van der Waals surface area contributed by atoms with Crippen LogP contribution in [0.1, 0.15) is 28.4 Å². The molecule has 27 heavy (non-hydrogen) atoms. The van der Waals surface area contributed by atoms with E-state index in [0.717, 1.165) is 5.56 Å². The Labute approximate surface area is 157 Å². The number of hydrogen-bond acceptors (Lipinski definition) is 7. The Hall–Kier alpha value is -3.09. The molecule has 0 radical (unpaired) electrons. The van der Waals surface area contributed by atoms with Crippen molar-refractivity contribution in [2.75, 3.05) is 35.5 Å². The maximum atomic E-state index is 12.9. The third-order valence-corrected chi connectivity index (χ3v) is 4.50. The van der Waals surface area contributed by atoms with E-state index in [2.05, 4.69) is 0 Å². The van der Waals surface area contributed by atoms with Crippen LogP contribution in [0.2, 0.25) is 0 Å². The van der Waals surface area contributed by atoms with Crippen molar-refractivity contribution in [2.24, 2.45) is 0 Å². The number of methoxy groups -OCH3 is 5. The predicted molar refractivity (Wildman–Crippen MR) is 98.0 cm³/mol. The highest BCUT2D eigenvalue weighted by Gasteiger charge is 2.35. The van der Waals surface area contributed by atoms with Crippen molar-refractivity contribution in [2.45, 2.75) is 12.5 Å². The Bertz CT molecular complexity index is 860. The Morgan fingerprint density at radius 2 is 1.48 bits per heavy atom. The van der Waals surface area contributed by atoms with Crippen LogP contribution in [0.25, 0.3) is 0 Å². The smallest absolute Gasteiger partial charge is 0.204 e. The third-order valence-electron chi connectivity index (χ3n) is 4.50. The largest absolute Gasteiger partial charge is 0.496 e. The first-order valence-electron chi connectivity index (χ1n) is 8.32. The van der Waals surface area contributed by atoms with Crippen LogP contribution < -0.4 is 28.4 Å². The molecule has 1 unspecified atom stereocenters. The summed E-state index contributed by atoms with van der Waals surface area (Å²) in [6.45, 7) is 0. The highest BCUT2D eigenvalue weighted by molar-refractivity contribution is 6.04. The van der Waals surface area contributed by atoms with Crippen molar-refractivity contribution in [3.63, 3.8) is 0 Å². The van der Waals surface area contributed by atoms with Crippen LogP contribution in [0, 0.1) is 0 Å². The van der Waals surface area contributed by atoms with E-state index >= 15 is 0 Å². The summed E-state index contributed by atoms with van der Waals surface area (Å²) in [5.74, 6) is 2.54. The molecule has 0 N–H and O–H groups in total. The highest BCUT2D eigenvalue weighted by atomic mass is 16.5. The van der Waals surface area contributed by atoms with Crippen molar-refractivity contribution in [3.8, 4) is 34.5 Å². The minimum Gasteiger partial charge on any atom is -0.496 e. The van der Waals surface area contributed by atoms with Gasteiger partial charge in [0.25, 0.3) is 0 Å². The highest BCUT2D eigenvalue weighted by Crippen LogP contribution is 2.50. The second-order valence-corrected chi connectivity index (χ2v) is 5.87. The first-order chi connectivity index (χ1) is 13.1. The summed E-state index contributed by atoms with van der Waals surface area (Å²) < 4.78 is 32.9. The van der Waals surface area contributed by atoms with Crippen LogP contribution in [0.5, 0.6) is 34.5 Å². The molecule has 0 fully saturated rings. The number of ketones is 1. The summed E-state index contributed by atoms with van der Waals surface area (Å²) in [5.41, 5.74) is 1.14. The predicted octanol–water partition coefficient (Wildman–Crippen LogP) is 3.44. The molecule has 2 aromatic rings. The van der Waals surface area contributed by atoms with Gasteiger partial charge >= 0.3 is 0 Å². The van der Waals surface area contributed by atoms with Gasteiger partial charge in [0.05, 0.1) is 42.0 Å². The molecule has 0 spiro atoms. The van der Waals surface area contributed by atoms with Crippen LogP contribution in [0.3, 0.4) is 0 Å². The van der Waals surface area contributed by atoms with Gasteiger partial charge in [-0.1, -0.05) is 6.07 Å². The fraction of sp³-hybridized carbons (Fsp3) is 0.350. The van der Waals surface area contributed by atoms with Gasteiger partial charge in [-0.3, -0.25) is 4.79 Å². The standard InChI is InChI=1S/C20H22O7/c1-22-13-7-6-11(8-15(13)23-2)14-9-12(21)18-16(24-3)10-17(25-4)19(26-5)20(18)27-14/h6-8,10,14H,9H2,1-5H3. The zero-order valence-corrected chi connectivity index (χ0v) is 16.0. The number of carbonyl (C=O) groups excluding carboxylic acids is 1. The summed E-state index contributed by atoms with van der Waals surface area (Å²) in [6.07, 6.45) is -0.343. The molecular weight excluding hydrogens is 352 g/mol. The SMILES string of the molecule is COc1ccc(C2CC(=O)c3c(OC)cc(OC)c(OC)c3O2)cc1OC. The Kier molecular flexibility index (Phi) is 5.30. The van der Waals surface area contributed by atoms with Gasteiger partial charge in [-0.05, 0) is 17.7 Å². The van der Waals surface area contributed by atoms with Gasteiger partial charge in [-0.2, -0.15) is 0 Å².